The van der Waals surface area contributed by atoms with Gasteiger partial charge in [-0.05, 0) is 30.7 Å². The van der Waals surface area contributed by atoms with Gasteiger partial charge in [-0.15, -0.1) is 0 Å². The fourth-order valence-electron chi connectivity index (χ4n) is 2.61. The lowest BCUT2D eigenvalue weighted by molar-refractivity contribution is -0.131. The van der Waals surface area contributed by atoms with E-state index in [4.69, 9.17) is 5.11 Å². The van der Waals surface area contributed by atoms with Gasteiger partial charge in [-0.25, -0.2) is 14.8 Å². The molecule has 7 heteroatoms. The van der Waals surface area contributed by atoms with Crippen molar-refractivity contribution < 1.29 is 14.7 Å². The number of anilines is 2. The molecular formula is C20H18N4O3. The van der Waals surface area contributed by atoms with Crippen LogP contribution >= 0.6 is 0 Å². The Morgan fingerprint density at radius 3 is 2.59 bits per heavy atom. The molecule has 0 aliphatic rings. The minimum atomic E-state index is -1.18. The normalized spacial score (nSPS) is 12.0. The van der Waals surface area contributed by atoms with Crippen LogP contribution in [0.3, 0.4) is 0 Å². The van der Waals surface area contributed by atoms with Crippen molar-refractivity contribution in [1.82, 2.24) is 9.97 Å². The summed E-state index contributed by atoms with van der Waals surface area (Å²) in [4.78, 5) is 30.9. The van der Waals surface area contributed by atoms with Gasteiger partial charge in [0.25, 0.3) is 0 Å². The van der Waals surface area contributed by atoms with Gasteiger partial charge in [0.05, 0.1) is 5.52 Å². The molecule has 1 unspecified atom stereocenters. The summed E-state index contributed by atoms with van der Waals surface area (Å²) in [6, 6.07) is 15.2. The zero-order valence-electron chi connectivity index (χ0n) is 14.6. The second-order valence-electron chi connectivity index (χ2n) is 5.89. The van der Waals surface area contributed by atoms with Gasteiger partial charge in [0, 0.05) is 29.3 Å². The summed E-state index contributed by atoms with van der Waals surface area (Å²) in [6.07, 6.45) is 3.23. The molecule has 0 aliphatic carbocycles. The van der Waals surface area contributed by atoms with Gasteiger partial charge in [0.15, 0.2) is 0 Å². The standard InChI is InChI=1S/C20H18N4O3/c1-13(14-5-3-2-4-6-14)23-20-16-11-15(7-8-17(16)21-12-22-20)24-18(25)9-10-19(26)27/h2-13H,1H3,(H,24,25)(H,26,27)(H,21,22,23). The van der Waals surface area contributed by atoms with E-state index < -0.39 is 11.9 Å². The van der Waals surface area contributed by atoms with Crippen molar-refractivity contribution in [2.45, 2.75) is 13.0 Å². The second-order valence-corrected chi connectivity index (χ2v) is 5.89. The molecule has 3 rings (SSSR count). The predicted octanol–water partition coefficient (Wildman–Crippen LogP) is 3.38. The fourth-order valence-corrected chi connectivity index (χ4v) is 2.61. The first-order valence-corrected chi connectivity index (χ1v) is 8.31. The first-order chi connectivity index (χ1) is 13.0. The molecular weight excluding hydrogens is 344 g/mol. The van der Waals surface area contributed by atoms with Gasteiger partial charge in [0.2, 0.25) is 5.91 Å². The second kappa shape index (κ2) is 8.09. The Morgan fingerprint density at radius 2 is 1.85 bits per heavy atom. The van der Waals surface area contributed by atoms with E-state index in [2.05, 4.69) is 20.6 Å². The molecule has 27 heavy (non-hydrogen) atoms. The predicted molar refractivity (Wildman–Crippen MR) is 103 cm³/mol. The molecule has 1 heterocycles. The molecule has 0 fully saturated rings. The van der Waals surface area contributed by atoms with E-state index in [0.29, 0.717) is 11.5 Å². The van der Waals surface area contributed by atoms with E-state index in [1.54, 1.807) is 18.2 Å². The maximum atomic E-state index is 11.8. The number of aliphatic carboxylic acids is 1. The third-order valence-corrected chi connectivity index (χ3v) is 3.93. The molecule has 0 spiro atoms. The van der Waals surface area contributed by atoms with Crippen LogP contribution < -0.4 is 10.6 Å². The molecule has 1 aromatic heterocycles. The number of fused-ring (bicyclic) bond motifs is 1. The molecule has 0 aliphatic heterocycles. The number of aromatic nitrogens is 2. The average molecular weight is 362 g/mol. The number of carbonyl (C=O) groups is 2. The Morgan fingerprint density at radius 1 is 1.07 bits per heavy atom. The average Bonchev–Trinajstić information content (AvgIpc) is 2.67. The zero-order valence-corrected chi connectivity index (χ0v) is 14.6. The third-order valence-electron chi connectivity index (χ3n) is 3.93. The largest absolute Gasteiger partial charge is 0.478 e. The number of nitrogens with zero attached hydrogens (tertiary/aromatic N) is 2. The van der Waals surface area contributed by atoms with Crippen LogP contribution in [-0.2, 0) is 9.59 Å². The highest BCUT2D eigenvalue weighted by Gasteiger charge is 2.10. The van der Waals surface area contributed by atoms with Gasteiger partial charge in [-0.3, -0.25) is 4.79 Å². The van der Waals surface area contributed by atoms with Crippen molar-refractivity contribution in [2.24, 2.45) is 0 Å². The van der Waals surface area contributed by atoms with E-state index in [9.17, 15) is 9.59 Å². The van der Waals surface area contributed by atoms with Gasteiger partial charge in [0.1, 0.15) is 12.1 Å². The molecule has 0 saturated heterocycles. The molecule has 2 aromatic carbocycles. The molecule has 3 aromatic rings. The number of hydrogen-bond acceptors (Lipinski definition) is 5. The first kappa shape index (κ1) is 18.1. The van der Waals surface area contributed by atoms with Crippen LogP contribution in [0.4, 0.5) is 11.5 Å². The monoisotopic (exact) mass is 362 g/mol. The Kier molecular flexibility index (Phi) is 5.41. The summed E-state index contributed by atoms with van der Waals surface area (Å²) in [7, 11) is 0. The fraction of sp³-hybridized carbons (Fsp3) is 0.100. The molecule has 1 atom stereocenters. The van der Waals surface area contributed by atoms with Crippen molar-refractivity contribution in [3.63, 3.8) is 0 Å². The molecule has 7 nitrogen and oxygen atoms in total. The number of amides is 1. The zero-order chi connectivity index (χ0) is 19.2. The summed E-state index contributed by atoms with van der Waals surface area (Å²) in [5, 5.41) is 15.3. The van der Waals surface area contributed by atoms with E-state index in [1.807, 2.05) is 37.3 Å². The number of carbonyl (C=O) groups excluding carboxylic acids is 1. The van der Waals surface area contributed by atoms with Crippen LogP contribution in [-0.4, -0.2) is 27.0 Å². The van der Waals surface area contributed by atoms with Crippen LogP contribution in [0.1, 0.15) is 18.5 Å². The molecule has 0 radical (unpaired) electrons. The van der Waals surface area contributed by atoms with Crippen LogP contribution in [0, 0.1) is 0 Å². The highest BCUT2D eigenvalue weighted by atomic mass is 16.4. The SMILES string of the molecule is CC(Nc1ncnc2ccc(NC(=O)C=CC(=O)O)cc12)c1ccccc1. The molecule has 0 saturated carbocycles. The summed E-state index contributed by atoms with van der Waals surface area (Å²) >= 11 is 0. The Labute approximate surface area is 155 Å². The van der Waals surface area contributed by atoms with E-state index >= 15 is 0 Å². The summed E-state index contributed by atoms with van der Waals surface area (Å²) in [5.74, 6) is -1.06. The van der Waals surface area contributed by atoms with Crippen LogP contribution in [0.2, 0.25) is 0 Å². The van der Waals surface area contributed by atoms with Gasteiger partial charge in [-0.2, -0.15) is 0 Å². The van der Waals surface area contributed by atoms with E-state index in [1.165, 1.54) is 6.33 Å². The number of carboxylic acids is 1. The number of rotatable bonds is 6. The maximum Gasteiger partial charge on any atom is 0.328 e. The number of benzene rings is 2. The minimum absolute atomic E-state index is 0.0287. The van der Waals surface area contributed by atoms with E-state index in [0.717, 1.165) is 28.6 Å². The highest BCUT2D eigenvalue weighted by molar-refractivity contribution is 6.03. The van der Waals surface area contributed by atoms with Gasteiger partial charge >= 0.3 is 5.97 Å². The quantitative estimate of drug-likeness (QED) is 0.581. The van der Waals surface area contributed by atoms with Crippen molar-refractivity contribution in [2.75, 3.05) is 10.6 Å². The lowest BCUT2D eigenvalue weighted by atomic mass is 10.1. The van der Waals surface area contributed by atoms with Crippen molar-refractivity contribution in [3.8, 4) is 0 Å². The van der Waals surface area contributed by atoms with Crippen LogP contribution in [0.5, 0.6) is 0 Å². The van der Waals surface area contributed by atoms with E-state index in [-0.39, 0.29) is 6.04 Å². The topological polar surface area (TPSA) is 104 Å². The summed E-state index contributed by atoms with van der Waals surface area (Å²) in [6.45, 7) is 2.03. The molecule has 1 amide bonds. The number of hydrogen-bond donors (Lipinski definition) is 3. The molecule has 136 valence electrons. The number of nitrogens with one attached hydrogen (secondary N) is 2. The maximum absolute atomic E-state index is 11.8. The van der Waals surface area contributed by atoms with Crippen LogP contribution in [0.25, 0.3) is 10.9 Å². The lowest BCUT2D eigenvalue weighted by Crippen LogP contribution is -2.10. The summed E-state index contributed by atoms with van der Waals surface area (Å²) in [5.41, 5.74) is 2.37. The van der Waals surface area contributed by atoms with Crippen LogP contribution in [0.15, 0.2) is 67.0 Å². The Hall–Kier alpha value is -3.74. The summed E-state index contributed by atoms with van der Waals surface area (Å²) < 4.78 is 0. The first-order valence-electron chi connectivity index (χ1n) is 8.31. The van der Waals surface area contributed by atoms with Crippen molar-refractivity contribution in [3.05, 3.63) is 72.6 Å². The van der Waals surface area contributed by atoms with Gasteiger partial charge in [-0.1, -0.05) is 30.3 Å². The Balaban J connectivity index is 1.86. The third kappa shape index (κ3) is 4.66. The lowest BCUT2D eigenvalue weighted by Gasteiger charge is -2.16. The highest BCUT2D eigenvalue weighted by Crippen LogP contribution is 2.26. The van der Waals surface area contributed by atoms with Crippen molar-refractivity contribution >= 4 is 34.3 Å². The smallest absolute Gasteiger partial charge is 0.328 e. The number of carboxylic acid groups (broad SMARTS) is 1. The molecule has 3 N–H and O–H groups in total. The molecule has 0 bridgehead atoms. The van der Waals surface area contributed by atoms with Crippen molar-refractivity contribution in [1.29, 1.82) is 0 Å². The Bertz CT molecular complexity index is 1000. The van der Waals surface area contributed by atoms with Gasteiger partial charge < -0.3 is 15.7 Å². The minimum Gasteiger partial charge on any atom is -0.478 e.